The summed E-state index contributed by atoms with van der Waals surface area (Å²) in [6.07, 6.45) is 3.51. The topological polar surface area (TPSA) is 108 Å². The molecule has 1 aromatic carbocycles. The Morgan fingerprint density at radius 3 is 2.83 bits per heavy atom. The fraction of sp³-hybridized carbons (Fsp3) is 0.250. The van der Waals surface area contributed by atoms with Crippen molar-refractivity contribution in [1.29, 1.82) is 0 Å². The minimum atomic E-state index is -0.966. The molecule has 0 radical (unpaired) electrons. The number of rotatable bonds is 6. The Kier molecular flexibility index (Phi) is 4.85. The lowest BCUT2D eigenvalue weighted by Crippen LogP contribution is -2.27. The second-order valence-corrected chi connectivity index (χ2v) is 8.48. The largest absolute Gasteiger partial charge is 0.389 e. The normalized spacial score (nSPS) is 11.7. The number of amides is 1. The van der Waals surface area contributed by atoms with E-state index in [1.165, 1.54) is 11.3 Å². The van der Waals surface area contributed by atoms with Crippen molar-refractivity contribution in [2.45, 2.75) is 26.0 Å². The van der Waals surface area contributed by atoms with Gasteiger partial charge >= 0.3 is 0 Å². The van der Waals surface area contributed by atoms with Crippen molar-refractivity contribution in [2.24, 2.45) is 0 Å². The molecule has 0 saturated heterocycles. The van der Waals surface area contributed by atoms with Crippen LogP contribution in [0.2, 0.25) is 0 Å². The quantitative estimate of drug-likeness (QED) is 0.389. The van der Waals surface area contributed by atoms with Crippen molar-refractivity contribution in [3.8, 4) is 10.4 Å². The molecule has 150 valence electrons. The van der Waals surface area contributed by atoms with Gasteiger partial charge in [-0.25, -0.2) is 4.98 Å². The van der Waals surface area contributed by atoms with Crippen LogP contribution in [0, 0.1) is 0 Å². The molecule has 0 saturated carbocycles. The number of aromatic nitrogens is 4. The van der Waals surface area contributed by atoms with E-state index in [4.69, 9.17) is 0 Å². The van der Waals surface area contributed by atoms with Crippen LogP contribution in [0.4, 0.5) is 11.6 Å². The maximum absolute atomic E-state index is 12.9. The second-order valence-electron chi connectivity index (χ2n) is 7.39. The summed E-state index contributed by atoms with van der Waals surface area (Å²) in [4.78, 5) is 19.0. The molecule has 0 aliphatic carbocycles. The summed E-state index contributed by atoms with van der Waals surface area (Å²) in [6, 6.07) is 9.45. The molecule has 29 heavy (non-hydrogen) atoms. The van der Waals surface area contributed by atoms with Crippen LogP contribution < -0.4 is 10.6 Å². The van der Waals surface area contributed by atoms with Gasteiger partial charge in [-0.15, -0.1) is 11.3 Å². The number of thiophene rings is 1. The molecule has 3 aromatic heterocycles. The summed E-state index contributed by atoms with van der Waals surface area (Å²) in [7, 11) is 1.84. The summed E-state index contributed by atoms with van der Waals surface area (Å²) in [6.45, 7) is 3.74. The molecule has 0 fully saturated rings. The van der Waals surface area contributed by atoms with Crippen molar-refractivity contribution in [2.75, 3.05) is 17.7 Å². The molecule has 0 aliphatic heterocycles. The third-order valence-corrected chi connectivity index (χ3v) is 5.55. The summed E-state index contributed by atoms with van der Waals surface area (Å²) in [5.41, 5.74) is 2.47. The van der Waals surface area contributed by atoms with E-state index >= 15 is 0 Å². The molecule has 9 heteroatoms. The minimum absolute atomic E-state index is 0.245. The molecule has 4 N–H and O–H groups in total. The van der Waals surface area contributed by atoms with E-state index in [9.17, 15) is 9.90 Å². The van der Waals surface area contributed by atoms with Crippen molar-refractivity contribution < 1.29 is 9.90 Å². The number of hydrogen-bond acceptors (Lipinski definition) is 6. The number of nitrogens with one attached hydrogen (secondary N) is 3. The Morgan fingerprint density at radius 2 is 2.14 bits per heavy atom. The van der Waals surface area contributed by atoms with Gasteiger partial charge in [0.15, 0.2) is 0 Å². The summed E-state index contributed by atoms with van der Waals surface area (Å²) in [5.74, 6) is 0.157. The van der Waals surface area contributed by atoms with Gasteiger partial charge in [0.2, 0.25) is 5.95 Å². The first-order chi connectivity index (χ1) is 13.8. The Labute approximate surface area is 171 Å². The Morgan fingerprint density at radius 1 is 1.31 bits per heavy atom. The third-order valence-electron chi connectivity index (χ3n) is 4.42. The molecular formula is C20H22N6O2S. The molecule has 3 heterocycles. The van der Waals surface area contributed by atoms with Crippen LogP contribution >= 0.6 is 11.3 Å². The smallest absolute Gasteiger partial charge is 0.268 e. The average Bonchev–Trinajstić information content (AvgIpc) is 3.40. The predicted molar refractivity (Wildman–Crippen MR) is 115 cm³/mol. The first-order valence-electron chi connectivity index (χ1n) is 9.15. The van der Waals surface area contributed by atoms with Crippen LogP contribution in [0.3, 0.4) is 0 Å². The van der Waals surface area contributed by atoms with Gasteiger partial charge in [-0.2, -0.15) is 5.10 Å². The van der Waals surface area contributed by atoms with Gasteiger partial charge in [-0.3, -0.25) is 15.2 Å². The van der Waals surface area contributed by atoms with E-state index in [-0.39, 0.29) is 5.91 Å². The third kappa shape index (κ3) is 4.01. The highest BCUT2D eigenvalue weighted by atomic mass is 32.1. The van der Waals surface area contributed by atoms with E-state index in [0.29, 0.717) is 17.4 Å². The van der Waals surface area contributed by atoms with E-state index in [0.717, 1.165) is 27.2 Å². The molecule has 0 atom stereocenters. The molecule has 1 amide bonds. The lowest BCUT2D eigenvalue weighted by molar-refractivity contribution is 0.0630. The van der Waals surface area contributed by atoms with Crippen molar-refractivity contribution >= 4 is 39.9 Å². The molecule has 0 bridgehead atoms. The van der Waals surface area contributed by atoms with E-state index in [1.807, 2.05) is 35.9 Å². The fourth-order valence-electron chi connectivity index (χ4n) is 3.09. The fourth-order valence-corrected chi connectivity index (χ4v) is 3.97. The number of nitrogens with zero attached hydrogens (tertiary/aromatic N) is 3. The first-order valence-corrected chi connectivity index (χ1v) is 9.96. The Balaban J connectivity index is 1.67. The van der Waals surface area contributed by atoms with Gasteiger partial charge in [-0.1, -0.05) is 0 Å². The number of aliphatic hydroxyl groups is 1. The molecule has 0 unspecified atom stereocenters. The van der Waals surface area contributed by atoms with Crippen LogP contribution in [-0.2, 0) is 6.54 Å². The van der Waals surface area contributed by atoms with Crippen LogP contribution in [0.5, 0.6) is 0 Å². The SMILES string of the molecule is CNc1ccc2c(c1)nc(NC(=O)c1ccc(-c3cn[nH]c3)s1)n2CC(C)(C)O. The molecule has 4 rings (SSSR count). The Hall–Kier alpha value is -3.17. The van der Waals surface area contributed by atoms with Crippen LogP contribution in [-0.4, -0.2) is 43.4 Å². The van der Waals surface area contributed by atoms with Gasteiger partial charge in [0.05, 0.1) is 34.3 Å². The van der Waals surface area contributed by atoms with Crippen LogP contribution in [0.15, 0.2) is 42.7 Å². The zero-order valence-electron chi connectivity index (χ0n) is 16.4. The first kappa shape index (κ1) is 19.2. The van der Waals surface area contributed by atoms with E-state index in [1.54, 1.807) is 32.3 Å². The number of carbonyl (C=O) groups excluding carboxylic acids is 1. The highest BCUT2D eigenvalue weighted by molar-refractivity contribution is 7.17. The second kappa shape index (κ2) is 7.34. The van der Waals surface area contributed by atoms with Gasteiger partial charge < -0.3 is 15.0 Å². The monoisotopic (exact) mass is 410 g/mol. The van der Waals surface area contributed by atoms with Crippen molar-refractivity contribution in [1.82, 2.24) is 19.7 Å². The predicted octanol–water partition coefficient (Wildman–Crippen LogP) is 3.55. The molecule has 4 aromatic rings. The van der Waals surface area contributed by atoms with Gasteiger partial charge in [-0.05, 0) is 44.2 Å². The lowest BCUT2D eigenvalue weighted by atomic mass is 10.1. The van der Waals surface area contributed by atoms with Crippen LogP contribution in [0.25, 0.3) is 21.5 Å². The Bertz CT molecular complexity index is 1150. The zero-order chi connectivity index (χ0) is 20.6. The van der Waals surface area contributed by atoms with Crippen molar-refractivity contribution in [3.63, 3.8) is 0 Å². The van der Waals surface area contributed by atoms with Gasteiger partial charge in [0.25, 0.3) is 5.91 Å². The number of benzene rings is 1. The number of aromatic amines is 1. The van der Waals surface area contributed by atoms with Gasteiger partial charge in [0.1, 0.15) is 0 Å². The number of H-pyrrole nitrogens is 1. The molecular weight excluding hydrogens is 388 g/mol. The molecule has 0 aliphatic rings. The maximum atomic E-state index is 12.9. The lowest BCUT2D eigenvalue weighted by Gasteiger charge is -2.20. The summed E-state index contributed by atoms with van der Waals surface area (Å²) >= 11 is 1.38. The number of fused-ring (bicyclic) bond motifs is 1. The van der Waals surface area contributed by atoms with E-state index in [2.05, 4.69) is 25.8 Å². The number of anilines is 2. The summed E-state index contributed by atoms with van der Waals surface area (Å²) < 4.78 is 1.83. The highest BCUT2D eigenvalue weighted by Gasteiger charge is 2.21. The minimum Gasteiger partial charge on any atom is -0.389 e. The molecule has 0 spiro atoms. The summed E-state index contributed by atoms with van der Waals surface area (Å²) in [5, 5.41) is 23.1. The van der Waals surface area contributed by atoms with Crippen molar-refractivity contribution in [3.05, 3.63) is 47.6 Å². The molecule has 8 nitrogen and oxygen atoms in total. The highest BCUT2D eigenvalue weighted by Crippen LogP contribution is 2.29. The maximum Gasteiger partial charge on any atom is 0.268 e. The van der Waals surface area contributed by atoms with Crippen LogP contribution in [0.1, 0.15) is 23.5 Å². The van der Waals surface area contributed by atoms with Gasteiger partial charge in [0, 0.05) is 29.4 Å². The van der Waals surface area contributed by atoms with E-state index < -0.39 is 5.60 Å². The number of imidazole rings is 1. The zero-order valence-corrected chi connectivity index (χ0v) is 17.2. The number of carbonyl (C=O) groups is 1. The standard InChI is InChI=1S/C20H22N6O2S/c1-20(2,28)11-26-15-5-4-13(21-3)8-14(15)24-19(26)25-18(27)17-7-6-16(29-17)12-9-22-23-10-12/h4-10,21,28H,11H2,1-3H3,(H,22,23)(H,24,25,27). The average molecular weight is 411 g/mol. The number of hydrogen-bond donors (Lipinski definition) is 4.